The van der Waals surface area contributed by atoms with Crippen LogP contribution < -0.4 is 4.74 Å². The van der Waals surface area contributed by atoms with E-state index in [4.69, 9.17) is 9.84 Å². The summed E-state index contributed by atoms with van der Waals surface area (Å²) >= 11 is 0. The number of ether oxygens (including phenoxy) is 1. The number of pyridine rings is 2. The number of hydrogen-bond donors (Lipinski definition) is 1. The molecule has 0 atom stereocenters. The molecule has 2 rings (SSSR count). The van der Waals surface area contributed by atoms with E-state index in [-0.39, 0.29) is 5.88 Å². The standard InChI is InChI=1S/C15H16N2O3/c1-2-3-6-12-11(13-7-4-5-9-16-13)8-10-17-14(12)20-15(18)19/h4-5,7-10H,2-3,6H2,1H3,(H,18,19). The Morgan fingerprint density at radius 1 is 1.25 bits per heavy atom. The summed E-state index contributed by atoms with van der Waals surface area (Å²) in [7, 11) is 0. The highest BCUT2D eigenvalue weighted by Crippen LogP contribution is 2.29. The Hall–Kier alpha value is -2.43. The van der Waals surface area contributed by atoms with Gasteiger partial charge >= 0.3 is 6.16 Å². The Kier molecular flexibility index (Phi) is 4.65. The van der Waals surface area contributed by atoms with Gasteiger partial charge in [0, 0.05) is 23.5 Å². The zero-order chi connectivity index (χ0) is 14.4. The van der Waals surface area contributed by atoms with Gasteiger partial charge in [-0.2, -0.15) is 0 Å². The van der Waals surface area contributed by atoms with Crippen LogP contribution in [0.25, 0.3) is 11.3 Å². The van der Waals surface area contributed by atoms with Crippen molar-refractivity contribution >= 4 is 6.16 Å². The Balaban J connectivity index is 2.47. The minimum Gasteiger partial charge on any atom is -0.449 e. The summed E-state index contributed by atoms with van der Waals surface area (Å²) in [5.41, 5.74) is 2.44. The van der Waals surface area contributed by atoms with E-state index in [0.29, 0.717) is 6.42 Å². The van der Waals surface area contributed by atoms with Gasteiger partial charge in [-0.25, -0.2) is 9.78 Å². The summed E-state index contributed by atoms with van der Waals surface area (Å²) in [5, 5.41) is 8.80. The molecule has 1 N–H and O–H groups in total. The van der Waals surface area contributed by atoms with E-state index in [1.54, 1.807) is 6.20 Å². The molecule has 2 aromatic rings. The van der Waals surface area contributed by atoms with Crippen molar-refractivity contribution in [2.75, 3.05) is 0 Å². The van der Waals surface area contributed by atoms with Crippen LogP contribution in [-0.2, 0) is 6.42 Å². The Morgan fingerprint density at radius 2 is 2.10 bits per heavy atom. The van der Waals surface area contributed by atoms with Crippen molar-refractivity contribution in [1.29, 1.82) is 0 Å². The lowest BCUT2D eigenvalue weighted by molar-refractivity contribution is 0.142. The fourth-order valence-corrected chi connectivity index (χ4v) is 2.00. The van der Waals surface area contributed by atoms with Crippen molar-refractivity contribution in [3.05, 3.63) is 42.2 Å². The summed E-state index contributed by atoms with van der Waals surface area (Å²) in [5.74, 6) is 0.147. The van der Waals surface area contributed by atoms with Gasteiger partial charge in [-0.05, 0) is 31.0 Å². The zero-order valence-electron chi connectivity index (χ0n) is 11.2. The van der Waals surface area contributed by atoms with Gasteiger partial charge in [-0.15, -0.1) is 0 Å². The largest absolute Gasteiger partial charge is 0.512 e. The lowest BCUT2D eigenvalue weighted by atomic mass is 10.0. The van der Waals surface area contributed by atoms with Crippen LogP contribution in [0, 0.1) is 0 Å². The van der Waals surface area contributed by atoms with Gasteiger partial charge in [0.25, 0.3) is 0 Å². The van der Waals surface area contributed by atoms with Crippen LogP contribution in [-0.4, -0.2) is 21.2 Å². The minimum atomic E-state index is -1.35. The molecule has 0 aromatic carbocycles. The first-order valence-electron chi connectivity index (χ1n) is 6.52. The van der Waals surface area contributed by atoms with E-state index in [1.807, 2.05) is 24.3 Å². The smallest absolute Gasteiger partial charge is 0.449 e. The van der Waals surface area contributed by atoms with E-state index >= 15 is 0 Å². The molecular formula is C15H16N2O3. The number of rotatable bonds is 5. The summed E-state index contributed by atoms with van der Waals surface area (Å²) in [6.07, 6.45) is 4.53. The van der Waals surface area contributed by atoms with Gasteiger partial charge < -0.3 is 9.84 Å². The molecule has 0 amide bonds. The van der Waals surface area contributed by atoms with Crippen LogP contribution in [0.4, 0.5) is 4.79 Å². The van der Waals surface area contributed by atoms with Crippen LogP contribution in [0.15, 0.2) is 36.7 Å². The average Bonchev–Trinajstić information content (AvgIpc) is 2.46. The molecule has 0 bridgehead atoms. The SMILES string of the molecule is CCCCc1c(-c2ccccn2)ccnc1OC(=O)O. The van der Waals surface area contributed by atoms with Gasteiger partial charge in [0.05, 0.1) is 5.69 Å². The summed E-state index contributed by atoms with van der Waals surface area (Å²) in [6.45, 7) is 2.08. The summed E-state index contributed by atoms with van der Waals surface area (Å²) in [4.78, 5) is 19.1. The third-order valence-corrected chi connectivity index (χ3v) is 2.92. The van der Waals surface area contributed by atoms with Crippen LogP contribution in [0.3, 0.4) is 0 Å². The second-order valence-electron chi connectivity index (χ2n) is 4.33. The molecule has 20 heavy (non-hydrogen) atoms. The summed E-state index contributed by atoms with van der Waals surface area (Å²) in [6, 6.07) is 7.45. The molecule has 0 aliphatic rings. The molecule has 2 heterocycles. The fourth-order valence-electron chi connectivity index (χ4n) is 2.00. The highest BCUT2D eigenvalue weighted by molar-refractivity contribution is 5.68. The number of aromatic nitrogens is 2. The number of unbranched alkanes of at least 4 members (excludes halogenated alkanes) is 1. The lowest BCUT2D eigenvalue weighted by Crippen LogP contribution is -2.08. The number of nitrogens with zero attached hydrogens (tertiary/aromatic N) is 2. The zero-order valence-corrected chi connectivity index (χ0v) is 11.2. The van der Waals surface area contributed by atoms with Gasteiger partial charge in [-0.3, -0.25) is 4.98 Å². The Labute approximate surface area is 117 Å². The molecular weight excluding hydrogens is 256 g/mol. The van der Waals surface area contributed by atoms with Gasteiger partial charge in [0.1, 0.15) is 0 Å². The quantitative estimate of drug-likeness (QED) is 0.843. The van der Waals surface area contributed by atoms with E-state index in [1.165, 1.54) is 6.20 Å². The lowest BCUT2D eigenvalue weighted by Gasteiger charge is -2.12. The van der Waals surface area contributed by atoms with Crippen molar-refractivity contribution in [2.24, 2.45) is 0 Å². The maximum atomic E-state index is 10.8. The minimum absolute atomic E-state index is 0.147. The molecule has 0 fully saturated rings. The number of hydrogen-bond acceptors (Lipinski definition) is 4. The highest BCUT2D eigenvalue weighted by Gasteiger charge is 2.15. The highest BCUT2D eigenvalue weighted by atomic mass is 16.7. The molecule has 104 valence electrons. The van der Waals surface area contributed by atoms with Crippen LogP contribution >= 0.6 is 0 Å². The van der Waals surface area contributed by atoms with E-state index < -0.39 is 6.16 Å². The second kappa shape index (κ2) is 6.65. The monoisotopic (exact) mass is 272 g/mol. The fraction of sp³-hybridized carbons (Fsp3) is 0.267. The topological polar surface area (TPSA) is 72.3 Å². The normalized spacial score (nSPS) is 10.2. The van der Waals surface area contributed by atoms with Gasteiger partial charge in [-0.1, -0.05) is 19.4 Å². The molecule has 0 saturated carbocycles. The van der Waals surface area contributed by atoms with Crippen molar-refractivity contribution in [2.45, 2.75) is 26.2 Å². The average molecular weight is 272 g/mol. The molecule has 2 aromatic heterocycles. The molecule has 5 nitrogen and oxygen atoms in total. The first-order chi connectivity index (χ1) is 9.72. The second-order valence-corrected chi connectivity index (χ2v) is 4.33. The van der Waals surface area contributed by atoms with Crippen molar-refractivity contribution in [3.63, 3.8) is 0 Å². The molecule has 0 aliphatic carbocycles. The first kappa shape index (κ1) is 14.0. The molecule has 0 unspecified atom stereocenters. The number of carbonyl (C=O) groups is 1. The van der Waals surface area contributed by atoms with Crippen molar-refractivity contribution in [3.8, 4) is 17.1 Å². The van der Waals surface area contributed by atoms with Crippen molar-refractivity contribution < 1.29 is 14.6 Å². The Bertz CT molecular complexity index is 585. The van der Waals surface area contributed by atoms with Crippen LogP contribution in [0.2, 0.25) is 0 Å². The predicted molar refractivity (Wildman–Crippen MR) is 74.7 cm³/mol. The van der Waals surface area contributed by atoms with Crippen LogP contribution in [0.1, 0.15) is 25.3 Å². The molecule has 0 spiro atoms. The van der Waals surface area contributed by atoms with Gasteiger partial charge in [0.2, 0.25) is 5.88 Å². The molecule has 5 heteroatoms. The predicted octanol–water partition coefficient (Wildman–Crippen LogP) is 3.54. The van der Waals surface area contributed by atoms with Crippen LogP contribution in [0.5, 0.6) is 5.88 Å². The molecule has 0 aliphatic heterocycles. The van der Waals surface area contributed by atoms with E-state index in [9.17, 15) is 4.79 Å². The third kappa shape index (κ3) is 3.32. The molecule has 0 saturated heterocycles. The number of carboxylic acid groups (broad SMARTS) is 1. The van der Waals surface area contributed by atoms with Crippen molar-refractivity contribution in [1.82, 2.24) is 9.97 Å². The van der Waals surface area contributed by atoms with E-state index in [0.717, 1.165) is 29.7 Å². The van der Waals surface area contributed by atoms with Gasteiger partial charge in [0.15, 0.2) is 0 Å². The summed E-state index contributed by atoms with van der Waals surface area (Å²) < 4.78 is 4.78. The third-order valence-electron chi connectivity index (χ3n) is 2.92. The Morgan fingerprint density at radius 3 is 2.75 bits per heavy atom. The molecule has 0 radical (unpaired) electrons. The first-order valence-corrected chi connectivity index (χ1v) is 6.52. The van der Waals surface area contributed by atoms with E-state index in [2.05, 4.69) is 16.9 Å². The maximum absolute atomic E-state index is 10.8. The maximum Gasteiger partial charge on any atom is 0.512 e.